The highest BCUT2D eigenvalue weighted by atomic mass is 19.1. The second-order valence-electron chi connectivity index (χ2n) is 3.86. The van der Waals surface area contributed by atoms with Gasteiger partial charge >= 0.3 is 5.97 Å². The number of hydrogen-bond acceptors (Lipinski definition) is 3. The average Bonchev–Trinajstić information content (AvgIpc) is 2.39. The van der Waals surface area contributed by atoms with Crippen molar-refractivity contribution in [3.63, 3.8) is 0 Å². The van der Waals surface area contributed by atoms with E-state index >= 15 is 0 Å². The van der Waals surface area contributed by atoms with E-state index in [4.69, 9.17) is 9.84 Å². The molecule has 98 valence electrons. The van der Waals surface area contributed by atoms with Crippen molar-refractivity contribution < 1.29 is 24.1 Å². The van der Waals surface area contributed by atoms with Gasteiger partial charge in [0.1, 0.15) is 11.3 Å². The Morgan fingerprint density at radius 3 is 2.63 bits per heavy atom. The molecule has 0 amide bonds. The summed E-state index contributed by atoms with van der Waals surface area (Å²) in [6, 6.07) is 8.46. The maximum Gasteiger partial charge on any atom is 0.339 e. The van der Waals surface area contributed by atoms with E-state index in [-0.39, 0.29) is 22.6 Å². The van der Waals surface area contributed by atoms with Crippen molar-refractivity contribution in [3.05, 3.63) is 47.8 Å². The normalized spacial score (nSPS) is 10.2. The molecule has 0 aliphatic carbocycles. The molecule has 2 rings (SSSR count). The standard InChI is InChI=1S/C14H11FO4/c1-19-12-4-2-3-9(13(12)15)8-5-6-11(16)10(7-8)14(17)18/h2-7,16H,1H3,(H,17,18). The molecular formula is C14H11FO4. The van der Waals surface area contributed by atoms with Crippen LogP contribution < -0.4 is 4.74 Å². The maximum atomic E-state index is 14.1. The summed E-state index contributed by atoms with van der Waals surface area (Å²) >= 11 is 0. The van der Waals surface area contributed by atoms with Gasteiger partial charge in [0.25, 0.3) is 0 Å². The van der Waals surface area contributed by atoms with Crippen molar-refractivity contribution >= 4 is 5.97 Å². The number of ether oxygens (including phenoxy) is 1. The monoisotopic (exact) mass is 262 g/mol. The Bertz CT molecular complexity index is 637. The fourth-order valence-electron chi connectivity index (χ4n) is 1.77. The topological polar surface area (TPSA) is 66.8 Å². The van der Waals surface area contributed by atoms with Gasteiger partial charge in [0.05, 0.1) is 7.11 Å². The van der Waals surface area contributed by atoms with Gasteiger partial charge in [-0.05, 0) is 23.8 Å². The lowest BCUT2D eigenvalue weighted by atomic mass is 10.0. The highest BCUT2D eigenvalue weighted by Crippen LogP contribution is 2.31. The first-order valence-electron chi connectivity index (χ1n) is 5.43. The third-order valence-electron chi connectivity index (χ3n) is 2.72. The molecule has 2 aromatic rings. The predicted molar refractivity (Wildman–Crippen MR) is 67.0 cm³/mol. The lowest BCUT2D eigenvalue weighted by Crippen LogP contribution is -1.98. The molecule has 0 aliphatic heterocycles. The summed E-state index contributed by atoms with van der Waals surface area (Å²) in [5.74, 6) is -2.14. The molecule has 0 fully saturated rings. The van der Waals surface area contributed by atoms with Crippen LogP contribution in [-0.2, 0) is 0 Å². The van der Waals surface area contributed by atoms with Gasteiger partial charge in [-0.25, -0.2) is 9.18 Å². The second kappa shape index (κ2) is 4.97. The molecule has 0 saturated heterocycles. The van der Waals surface area contributed by atoms with Crippen molar-refractivity contribution in [1.29, 1.82) is 0 Å². The minimum Gasteiger partial charge on any atom is -0.507 e. The van der Waals surface area contributed by atoms with Crippen LogP contribution in [0.4, 0.5) is 4.39 Å². The van der Waals surface area contributed by atoms with Crippen molar-refractivity contribution in [2.45, 2.75) is 0 Å². The molecule has 19 heavy (non-hydrogen) atoms. The highest BCUT2D eigenvalue weighted by Gasteiger charge is 2.14. The Morgan fingerprint density at radius 2 is 2.00 bits per heavy atom. The molecule has 0 heterocycles. The first-order valence-corrected chi connectivity index (χ1v) is 5.43. The predicted octanol–water partition coefficient (Wildman–Crippen LogP) is 2.91. The molecule has 2 aromatic carbocycles. The lowest BCUT2D eigenvalue weighted by Gasteiger charge is -2.09. The first-order chi connectivity index (χ1) is 9.04. The number of methoxy groups -OCH3 is 1. The van der Waals surface area contributed by atoms with E-state index in [1.807, 2.05) is 0 Å². The van der Waals surface area contributed by atoms with Crippen LogP contribution in [0.1, 0.15) is 10.4 Å². The number of phenols is 1. The van der Waals surface area contributed by atoms with Crippen LogP contribution in [0.15, 0.2) is 36.4 Å². The van der Waals surface area contributed by atoms with E-state index in [9.17, 15) is 14.3 Å². The summed E-state index contributed by atoms with van der Waals surface area (Å²) in [6.45, 7) is 0. The second-order valence-corrected chi connectivity index (χ2v) is 3.86. The van der Waals surface area contributed by atoms with Gasteiger partial charge in [-0.2, -0.15) is 0 Å². The molecule has 4 nitrogen and oxygen atoms in total. The number of benzene rings is 2. The fraction of sp³-hybridized carbons (Fsp3) is 0.0714. The SMILES string of the molecule is COc1cccc(-c2ccc(O)c(C(=O)O)c2)c1F. The van der Waals surface area contributed by atoms with Gasteiger partial charge in [-0.15, -0.1) is 0 Å². The summed E-state index contributed by atoms with van der Waals surface area (Å²) in [4.78, 5) is 10.9. The van der Waals surface area contributed by atoms with Crippen molar-refractivity contribution in [2.24, 2.45) is 0 Å². The third-order valence-corrected chi connectivity index (χ3v) is 2.72. The summed E-state index contributed by atoms with van der Waals surface area (Å²) in [5.41, 5.74) is 0.285. The Morgan fingerprint density at radius 1 is 1.26 bits per heavy atom. The van der Waals surface area contributed by atoms with E-state index in [0.29, 0.717) is 5.56 Å². The zero-order valence-corrected chi connectivity index (χ0v) is 10.1. The van der Waals surface area contributed by atoms with E-state index in [2.05, 4.69) is 0 Å². The van der Waals surface area contributed by atoms with Crippen LogP contribution in [0.2, 0.25) is 0 Å². The van der Waals surface area contributed by atoms with Crippen molar-refractivity contribution in [2.75, 3.05) is 7.11 Å². The van der Waals surface area contributed by atoms with E-state index in [1.54, 1.807) is 6.07 Å². The Hall–Kier alpha value is -2.56. The van der Waals surface area contributed by atoms with Gasteiger partial charge in [0, 0.05) is 5.56 Å². The summed E-state index contributed by atoms with van der Waals surface area (Å²) in [6.07, 6.45) is 0. The number of carbonyl (C=O) groups is 1. The Labute approximate surface area is 108 Å². The smallest absolute Gasteiger partial charge is 0.339 e. The first kappa shape index (κ1) is 12.9. The molecule has 2 N–H and O–H groups in total. The summed E-state index contributed by atoms with van der Waals surface area (Å²) in [7, 11) is 1.35. The molecule has 0 unspecified atom stereocenters. The minimum atomic E-state index is -1.28. The number of hydrogen-bond donors (Lipinski definition) is 2. The number of carboxylic acid groups (broad SMARTS) is 1. The van der Waals surface area contributed by atoms with Gasteiger partial charge in [-0.1, -0.05) is 18.2 Å². The fourth-order valence-corrected chi connectivity index (χ4v) is 1.77. The number of aromatic hydroxyl groups is 1. The maximum absolute atomic E-state index is 14.1. The quantitative estimate of drug-likeness (QED) is 0.892. The molecule has 0 radical (unpaired) electrons. The number of carboxylic acids is 1. The molecule has 0 aromatic heterocycles. The zero-order chi connectivity index (χ0) is 14.0. The molecule has 0 spiro atoms. The van der Waals surface area contributed by atoms with Crippen LogP contribution >= 0.6 is 0 Å². The molecule has 0 atom stereocenters. The average molecular weight is 262 g/mol. The Balaban J connectivity index is 2.60. The van der Waals surface area contributed by atoms with Crippen LogP contribution in [0.25, 0.3) is 11.1 Å². The molecule has 5 heteroatoms. The molecule has 0 aliphatic rings. The molecular weight excluding hydrogens is 251 g/mol. The van der Waals surface area contributed by atoms with E-state index < -0.39 is 11.8 Å². The van der Waals surface area contributed by atoms with E-state index in [1.165, 1.54) is 37.4 Å². The highest BCUT2D eigenvalue weighted by molar-refractivity contribution is 5.92. The molecule has 0 saturated carbocycles. The van der Waals surface area contributed by atoms with Gasteiger partial charge < -0.3 is 14.9 Å². The zero-order valence-electron chi connectivity index (χ0n) is 10.1. The van der Waals surface area contributed by atoms with Crippen LogP contribution in [-0.4, -0.2) is 23.3 Å². The number of halogens is 1. The van der Waals surface area contributed by atoms with Crippen LogP contribution in [0.5, 0.6) is 11.5 Å². The summed E-state index contributed by atoms with van der Waals surface area (Å²) < 4.78 is 18.9. The van der Waals surface area contributed by atoms with Gasteiger partial charge in [0.15, 0.2) is 11.6 Å². The van der Waals surface area contributed by atoms with E-state index in [0.717, 1.165) is 0 Å². The van der Waals surface area contributed by atoms with Crippen LogP contribution in [0.3, 0.4) is 0 Å². The third kappa shape index (κ3) is 2.35. The van der Waals surface area contributed by atoms with Crippen LogP contribution in [0, 0.1) is 5.82 Å². The largest absolute Gasteiger partial charge is 0.507 e. The summed E-state index contributed by atoms with van der Waals surface area (Å²) in [5, 5.41) is 18.4. The van der Waals surface area contributed by atoms with Gasteiger partial charge in [0.2, 0.25) is 0 Å². The minimum absolute atomic E-state index is 0.0717. The Kier molecular flexibility index (Phi) is 3.37. The molecule has 0 bridgehead atoms. The van der Waals surface area contributed by atoms with Crippen molar-refractivity contribution in [3.8, 4) is 22.6 Å². The van der Waals surface area contributed by atoms with Gasteiger partial charge in [-0.3, -0.25) is 0 Å². The lowest BCUT2D eigenvalue weighted by molar-refractivity contribution is 0.0694. The van der Waals surface area contributed by atoms with Crippen molar-refractivity contribution in [1.82, 2.24) is 0 Å². The number of aromatic carboxylic acids is 1. The number of rotatable bonds is 3.